The molecule has 2 N–H and O–H groups in total. The summed E-state index contributed by atoms with van der Waals surface area (Å²) in [5.41, 5.74) is -0.277. The van der Waals surface area contributed by atoms with E-state index in [2.05, 4.69) is 9.47 Å². The van der Waals surface area contributed by atoms with Gasteiger partial charge in [0, 0.05) is 0 Å². The average Bonchev–Trinajstić information content (AvgIpc) is 2.25. The first-order valence-corrected chi connectivity index (χ1v) is 6.10. The number of rotatable bonds is 3. The van der Waals surface area contributed by atoms with Crippen LogP contribution in [-0.2, 0) is 14.8 Å². The lowest BCUT2D eigenvalue weighted by Crippen LogP contribution is -2.21. The highest BCUT2D eigenvalue weighted by molar-refractivity contribution is 7.89. The van der Waals surface area contributed by atoms with Gasteiger partial charge in [-0.05, 0) is 18.2 Å². The van der Waals surface area contributed by atoms with Gasteiger partial charge in [0.25, 0.3) is 0 Å². The number of nitrogens with two attached hydrogens (primary N) is 1. The van der Waals surface area contributed by atoms with E-state index in [-0.39, 0.29) is 5.56 Å². The van der Waals surface area contributed by atoms with Crippen molar-refractivity contribution in [3.05, 3.63) is 23.8 Å². The summed E-state index contributed by atoms with van der Waals surface area (Å²) < 4.78 is 66.4. The minimum absolute atomic E-state index is 0.277. The van der Waals surface area contributed by atoms with Crippen LogP contribution >= 0.6 is 0 Å². The zero-order valence-corrected chi connectivity index (χ0v) is 10.2. The molecular formula is C9H8F3NO5S. The lowest BCUT2D eigenvalue weighted by molar-refractivity contribution is -0.275. The first kappa shape index (κ1) is 15.2. The Balaban J connectivity index is 3.38. The van der Waals surface area contributed by atoms with Crippen LogP contribution in [0.5, 0.6) is 5.75 Å². The molecule has 0 radical (unpaired) electrons. The molecule has 0 atom stereocenters. The van der Waals surface area contributed by atoms with Gasteiger partial charge in [0.1, 0.15) is 10.6 Å². The maximum Gasteiger partial charge on any atom is 0.573 e. The van der Waals surface area contributed by atoms with Gasteiger partial charge in [-0.1, -0.05) is 0 Å². The van der Waals surface area contributed by atoms with Crippen molar-refractivity contribution in [2.45, 2.75) is 11.3 Å². The highest BCUT2D eigenvalue weighted by Crippen LogP contribution is 2.29. The third kappa shape index (κ3) is 4.10. The number of benzene rings is 1. The molecule has 0 amide bonds. The van der Waals surface area contributed by atoms with Crippen LogP contribution in [0.4, 0.5) is 13.2 Å². The van der Waals surface area contributed by atoms with Crippen LogP contribution in [0, 0.1) is 0 Å². The number of hydrogen-bond donors (Lipinski definition) is 1. The minimum Gasteiger partial charge on any atom is -0.465 e. The van der Waals surface area contributed by atoms with Crippen molar-refractivity contribution in [1.82, 2.24) is 0 Å². The zero-order valence-electron chi connectivity index (χ0n) is 9.39. The van der Waals surface area contributed by atoms with Gasteiger partial charge in [0.15, 0.2) is 0 Å². The van der Waals surface area contributed by atoms with Gasteiger partial charge >= 0.3 is 12.3 Å². The molecule has 0 heterocycles. The van der Waals surface area contributed by atoms with E-state index in [0.717, 1.165) is 13.2 Å². The van der Waals surface area contributed by atoms with Crippen LogP contribution in [0.25, 0.3) is 0 Å². The smallest absolute Gasteiger partial charge is 0.465 e. The van der Waals surface area contributed by atoms with Crippen LogP contribution in [0.3, 0.4) is 0 Å². The number of methoxy groups -OCH3 is 1. The van der Waals surface area contributed by atoms with Crippen LogP contribution in [0.1, 0.15) is 10.4 Å². The van der Waals surface area contributed by atoms with Crippen molar-refractivity contribution < 1.29 is 35.9 Å². The second-order valence-corrected chi connectivity index (χ2v) is 4.78. The molecule has 0 aliphatic carbocycles. The van der Waals surface area contributed by atoms with Crippen molar-refractivity contribution in [3.63, 3.8) is 0 Å². The van der Waals surface area contributed by atoms with Crippen molar-refractivity contribution >= 4 is 16.0 Å². The number of carbonyl (C=O) groups excluding carboxylic acids is 1. The SMILES string of the molecule is COC(=O)c1ccc(OC(F)(F)F)c(S(N)(=O)=O)c1. The Labute approximate surface area is 106 Å². The largest absolute Gasteiger partial charge is 0.573 e. The fourth-order valence-corrected chi connectivity index (χ4v) is 1.87. The molecule has 1 aromatic rings. The molecule has 0 bridgehead atoms. The van der Waals surface area contributed by atoms with Gasteiger partial charge in [-0.15, -0.1) is 13.2 Å². The van der Waals surface area contributed by atoms with Gasteiger partial charge < -0.3 is 9.47 Å². The Kier molecular flexibility index (Phi) is 4.06. The van der Waals surface area contributed by atoms with E-state index in [4.69, 9.17) is 5.14 Å². The summed E-state index contributed by atoms with van der Waals surface area (Å²) in [6.45, 7) is 0. The summed E-state index contributed by atoms with van der Waals surface area (Å²) in [7, 11) is -3.48. The molecule has 0 aromatic heterocycles. The number of ether oxygens (including phenoxy) is 2. The highest BCUT2D eigenvalue weighted by Gasteiger charge is 2.33. The maximum absolute atomic E-state index is 12.1. The molecule has 10 heteroatoms. The molecule has 0 aliphatic heterocycles. The zero-order chi connectivity index (χ0) is 14.8. The topological polar surface area (TPSA) is 95.7 Å². The first-order valence-electron chi connectivity index (χ1n) is 4.55. The summed E-state index contributed by atoms with van der Waals surface area (Å²) in [5.74, 6) is -1.95. The van der Waals surface area contributed by atoms with E-state index in [9.17, 15) is 26.4 Å². The Morgan fingerprint density at radius 3 is 2.32 bits per heavy atom. The molecule has 0 saturated heterocycles. The molecule has 6 nitrogen and oxygen atoms in total. The fourth-order valence-electron chi connectivity index (χ4n) is 1.18. The summed E-state index contributed by atoms with van der Waals surface area (Å²) in [6.07, 6.45) is -5.09. The van der Waals surface area contributed by atoms with E-state index in [1.165, 1.54) is 0 Å². The van der Waals surface area contributed by atoms with Crippen molar-refractivity contribution in [2.75, 3.05) is 7.11 Å². The molecule has 1 rings (SSSR count). The summed E-state index contributed by atoms with van der Waals surface area (Å²) in [4.78, 5) is 10.2. The lowest BCUT2D eigenvalue weighted by Gasteiger charge is -2.12. The Hall–Kier alpha value is -1.81. The van der Waals surface area contributed by atoms with Crippen molar-refractivity contribution in [1.29, 1.82) is 0 Å². The average molecular weight is 299 g/mol. The monoisotopic (exact) mass is 299 g/mol. The number of primary sulfonamides is 1. The molecule has 0 fully saturated rings. The Morgan fingerprint density at radius 1 is 1.32 bits per heavy atom. The number of halogens is 3. The summed E-state index contributed by atoms with van der Waals surface area (Å²) in [6, 6.07) is 2.23. The van der Waals surface area contributed by atoms with Crippen molar-refractivity contribution in [3.8, 4) is 5.75 Å². The number of sulfonamides is 1. The standard InChI is InChI=1S/C9H8F3NO5S/c1-17-8(14)5-2-3-6(18-9(10,11)12)7(4-5)19(13,15)16/h2-4H,1H3,(H2,13,15,16). The van der Waals surface area contributed by atoms with Crippen LogP contribution in [0.15, 0.2) is 23.1 Å². The van der Waals surface area contributed by atoms with Gasteiger partial charge in [0.05, 0.1) is 12.7 Å². The van der Waals surface area contributed by atoms with Crippen molar-refractivity contribution in [2.24, 2.45) is 5.14 Å². The second-order valence-electron chi connectivity index (χ2n) is 3.25. The van der Waals surface area contributed by atoms with E-state index in [1.54, 1.807) is 0 Å². The van der Waals surface area contributed by atoms with Gasteiger partial charge in [-0.2, -0.15) is 0 Å². The third-order valence-electron chi connectivity index (χ3n) is 1.90. The number of alkyl halides is 3. The summed E-state index contributed by atoms with van der Waals surface area (Å²) in [5, 5.41) is 4.76. The van der Waals surface area contributed by atoms with Gasteiger partial charge in [-0.3, -0.25) is 0 Å². The molecule has 0 unspecified atom stereocenters. The predicted octanol–water partition coefficient (Wildman–Crippen LogP) is 1.02. The normalized spacial score (nSPS) is 12.1. The number of hydrogen-bond acceptors (Lipinski definition) is 5. The third-order valence-corrected chi connectivity index (χ3v) is 2.83. The number of esters is 1. The number of carbonyl (C=O) groups is 1. The van der Waals surface area contributed by atoms with E-state index in [0.29, 0.717) is 12.1 Å². The highest BCUT2D eigenvalue weighted by atomic mass is 32.2. The van der Waals surface area contributed by atoms with Crippen LogP contribution < -0.4 is 9.88 Å². The van der Waals surface area contributed by atoms with E-state index in [1.807, 2.05) is 0 Å². The van der Waals surface area contributed by atoms with E-state index < -0.39 is 33.0 Å². The van der Waals surface area contributed by atoms with E-state index >= 15 is 0 Å². The Morgan fingerprint density at radius 2 is 1.89 bits per heavy atom. The molecule has 0 saturated carbocycles. The molecule has 0 aliphatic rings. The Bertz CT molecular complexity index is 596. The molecule has 0 spiro atoms. The first-order chi connectivity index (χ1) is 8.54. The second kappa shape index (κ2) is 5.05. The van der Waals surface area contributed by atoms with Gasteiger partial charge in [-0.25, -0.2) is 18.4 Å². The molecule has 1 aromatic carbocycles. The lowest BCUT2D eigenvalue weighted by atomic mass is 10.2. The summed E-state index contributed by atoms with van der Waals surface area (Å²) >= 11 is 0. The van der Waals surface area contributed by atoms with Gasteiger partial charge in [0.2, 0.25) is 10.0 Å². The predicted molar refractivity (Wildman–Crippen MR) is 55.8 cm³/mol. The quantitative estimate of drug-likeness (QED) is 0.841. The minimum atomic E-state index is -5.09. The molecular weight excluding hydrogens is 291 g/mol. The van der Waals surface area contributed by atoms with Crippen LogP contribution in [-0.4, -0.2) is 27.9 Å². The van der Waals surface area contributed by atoms with Crippen LogP contribution in [0.2, 0.25) is 0 Å². The fraction of sp³-hybridized carbons (Fsp3) is 0.222. The maximum atomic E-state index is 12.1. The molecule has 106 valence electrons. The molecule has 19 heavy (non-hydrogen) atoms.